The van der Waals surface area contributed by atoms with Crippen molar-refractivity contribution >= 4 is 0 Å². The molecule has 0 unspecified atom stereocenters. The van der Waals surface area contributed by atoms with Gasteiger partial charge in [-0.1, -0.05) is 66.9 Å². The zero-order valence-electron chi connectivity index (χ0n) is 14.0. The molecule has 0 heterocycles. The number of rotatable bonds is 4. The highest BCUT2D eigenvalue weighted by Crippen LogP contribution is 2.12. The minimum atomic E-state index is 0.713. The Labute approximate surface area is 130 Å². The first kappa shape index (κ1) is 17.3. The third-order valence-corrected chi connectivity index (χ3v) is 3.20. The van der Waals surface area contributed by atoms with Crippen LogP contribution in [-0.2, 0) is 0 Å². The van der Waals surface area contributed by atoms with Gasteiger partial charge in [-0.25, -0.2) is 0 Å². The van der Waals surface area contributed by atoms with Gasteiger partial charge in [-0.15, -0.1) is 0 Å². The first-order valence-electron chi connectivity index (χ1n) is 7.70. The molecule has 21 heavy (non-hydrogen) atoms. The van der Waals surface area contributed by atoms with Gasteiger partial charge < -0.3 is 4.74 Å². The van der Waals surface area contributed by atoms with Crippen LogP contribution >= 0.6 is 0 Å². The average Bonchev–Trinajstić information content (AvgIpc) is 2.45. The summed E-state index contributed by atoms with van der Waals surface area (Å²) in [6.07, 6.45) is 1.12. The standard InChI is InChI=1S/C12H18O.C8H10/c1-10(2)8-9-13-12-6-4-11(3)5-7-12;1-7-3-5-8(2)6-4-7/h4-7,10H,8-9H2,1-3H3;3-6H,1-2H3. The number of aryl methyl sites for hydroxylation is 3. The molecule has 0 N–H and O–H groups in total. The van der Waals surface area contributed by atoms with Gasteiger partial charge in [-0.3, -0.25) is 0 Å². The summed E-state index contributed by atoms with van der Waals surface area (Å²) in [7, 11) is 0. The monoisotopic (exact) mass is 284 g/mol. The van der Waals surface area contributed by atoms with Crippen LogP contribution in [0.5, 0.6) is 5.75 Å². The molecule has 0 bridgehead atoms. The molecule has 0 spiro atoms. The lowest BCUT2D eigenvalue weighted by molar-refractivity contribution is 0.289. The van der Waals surface area contributed by atoms with Crippen molar-refractivity contribution in [2.75, 3.05) is 6.61 Å². The number of hydrogen-bond donors (Lipinski definition) is 0. The molecule has 2 rings (SSSR count). The van der Waals surface area contributed by atoms with E-state index in [1.807, 2.05) is 12.1 Å². The van der Waals surface area contributed by atoms with Crippen LogP contribution in [0.3, 0.4) is 0 Å². The predicted molar refractivity (Wildman–Crippen MR) is 92.0 cm³/mol. The highest BCUT2D eigenvalue weighted by molar-refractivity contribution is 5.26. The highest BCUT2D eigenvalue weighted by atomic mass is 16.5. The minimum Gasteiger partial charge on any atom is -0.494 e. The molecular weight excluding hydrogens is 256 g/mol. The van der Waals surface area contributed by atoms with Crippen molar-refractivity contribution in [2.45, 2.75) is 41.0 Å². The molecule has 1 nitrogen and oxygen atoms in total. The van der Waals surface area contributed by atoms with E-state index >= 15 is 0 Å². The minimum absolute atomic E-state index is 0.713. The highest BCUT2D eigenvalue weighted by Gasteiger charge is 1.95. The molecule has 0 aromatic heterocycles. The molecular formula is C20H28O. The van der Waals surface area contributed by atoms with Crippen molar-refractivity contribution in [3.8, 4) is 5.75 Å². The maximum Gasteiger partial charge on any atom is 0.119 e. The largest absolute Gasteiger partial charge is 0.494 e. The molecule has 114 valence electrons. The number of benzene rings is 2. The lowest BCUT2D eigenvalue weighted by Crippen LogP contribution is -2.01. The van der Waals surface area contributed by atoms with Crippen LogP contribution in [0.25, 0.3) is 0 Å². The lowest BCUT2D eigenvalue weighted by atomic mass is 10.1. The van der Waals surface area contributed by atoms with Crippen molar-refractivity contribution < 1.29 is 4.74 Å². The zero-order valence-corrected chi connectivity index (χ0v) is 14.0. The molecule has 0 aliphatic heterocycles. The molecule has 0 aliphatic rings. The summed E-state index contributed by atoms with van der Waals surface area (Å²) in [5.41, 5.74) is 3.93. The maximum atomic E-state index is 5.57. The number of hydrogen-bond acceptors (Lipinski definition) is 1. The van der Waals surface area contributed by atoms with Gasteiger partial charge in [0.05, 0.1) is 6.61 Å². The molecule has 0 aliphatic carbocycles. The summed E-state index contributed by atoms with van der Waals surface area (Å²) < 4.78 is 5.57. The van der Waals surface area contributed by atoms with E-state index in [-0.39, 0.29) is 0 Å². The van der Waals surface area contributed by atoms with Gasteiger partial charge in [-0.2, -0.15) is 0 Å². The van der Waals surface area contributed by atoms with Gasteiger partial charge in [-0.05, 0) is 45.2 Å². The second-order valence-corrected chi connectivity index (χ2v) is 6.00. The lowest BCUT2D eigenvalue weighted by Gasteiger charge is -2.07. The topological polar surface area (TPSA) is 9.23 Å². The van der Waals surface area contributed by atoms with E-state index in [0.717, 1.165) is 18.8 Å². The van der Waals surface area contributed by atoms with E-state index in [9.17, 15) is 0 Å². The van der Waals surface area contributed by atoms with Crippen LogP contribution in [0.4, 0.5) is 0 Å². The van der Waals surface area contributed by atoms with Gasteiger partial charge in [0.25, 0.3) is 0 Å². The third-order valence-electron chi connectivity index (χ3n) is 3.20. The van der Waals surface area contributed by atoms with E-state index in [4.69, 9.17) is 4.74 Å². The van der Waals surface area contributed by atoms with Crippen LogP contribution in [0.2, 0.25) is 0 Å². The smallest absolute Gasteiger partial charge is 0.119 e. The molecule has 2 aromatic rings. The SMILES string of the molecule is Cc1ccc(C)cc1.Cc1ccc(OCCC(C)C)cc1. The Morgan fingerprint density at radius 3 is 1.48 bits per heavy atom. The molecule has 0 amide bonds. The molecule has 2 aromatic carbocycles. The van der Waals surface area contributed by atoms with Crippen molar-refractivity contribution in [1.29, 1.82) is 0 Å². The zero-order chi connectivity index (χ0) is 15.7. The molecule has 0 saturated heterocycles. The fourth-order valence-corrected chi connectivity index (χ4v) is 1.68. The molecule has 0 fully saturated rings. The average molecular weight is 284 g/mol. The Bertz CT molecular complexity index is 473. The van der Waals surface area contributed by atoms with E-state index in [2.05, 4.69) is 71.0 Å². The summed E-state index contributed by atoms with van der Waals surface area (Å²) in [5, 5.41) is 0. The fraction of sp³-hybridized carbons (Fsp3) is 0.400. The summed E-state index contributed by atoms with van der Waals surface area (Å²) >= 11 is 0. The van der Waals surface area contributed by atoms with Crippen molar-refractivity contribution in [2.24, 2.45) is 5.92 Å². The summed E-state index contributed by atoms with van der Waals surface area (Å²) in [6, 6.07) is 16.7. The van der Waals surface area contributed by atoms with Gasteiger partial charge in [0, 0.05) is 0 Å². The van der Waals surface area contributed by atoms with Crippen LogP contribution in [0, 0.1) is 26.7 Å². The summed E-state index contributed by atoms with van der Waals surface area (Å²) in [4.78, 5) is 0. The Kier molecular flexibility index (Phi) is 7.60. The summed E-state index contributed by atoms with van der Waals surface area (Å²) in [5.74, 6) is 1.69. The van der Waals surface area contributed by atoms with Crippen LogP contribution in [0.1, 0.15) is 37.0 Å². The van der Waals surface area contributed by atoms with Crippen molar-refractivity contribution in [1.82, 2.24) is 0 Å². The maximum absolute atomic E-state index is 5.57. The molecule has 0 atom stereocenters. The van der Waals surface area contributed by atoms with Crippen molar-refractivity contribution in [3.05, 3.63) is 65.2 Å². The Morgan fingerprint density at radius 2 is 1.10 bits per heavy atom. The van der Waals surface area contributed by atoms with E-state index in [0.29, 0.717) is 5.92 Å². The van der Waals surface area contributed by atoms with E-state index in [1.165, 1.54) is 16.7 Å². The second kappa shape index (κ2) is 9.23. The Morgan fingerprint density at radius 1 is 0.714 bits per heavy atom. The van der Waals surface area contributed by atoms with Crippen LogP contribution < -0.4 is 4.74 Å². The van der Waals surface area contributed by atoms with Gasteiger partial charge >= 0.3 is 0 Å². The third kappa shape index (κ3) is 8.19. The first-order chi connectivity index (χ1) is 9.97. The Balaban J connectivity index is 0.000000235. The molecule has 1 heteroatoms. The van der Waals surface area contributed by atoms with Gasteiger partial charge in [0.15, 0.2) is 0 Å². The quantitative estimate of drug-likeness (QED) is 0.697. The normalized spacial score (nSPS) is 10.0. The predicted octanol–water partition coefficient (Wildman–Crippen LogP) is 5.72. The fourth-order valence-electron chi connectivity index (χ4n) is 1.68. The Hall–Kier alpha value is -1.76. The summed E-state index contributed by atoms with van der Waals surface area (Å²) in [6.45, 7) is 11.5. The van der Waals surface area contributed by atoms with Gasteiger partial charge in [0.2, 0.25) is 0 Å². The second-order valence-electron chi connectivity index (χ2n) is 6.00. The number of ether oxygens (including phenoxy) is 1. The first-order valence-corrected chi connectivity index (χ1v) is 7.70. The van der Waals surface area contributed by atoms with Gasteiger partial charge in [0.1, 0.15) is 5.75 Å². The molecule has 0 saturated carbocycles. The van der Waals surface area contributed by atoms with Crippen LogP contribution in [-0.4, -0.2) is 6.61 Å². The van der Waals surface area contributed by atoms with E-state index < -0.39 is 0 Å². The molecule has 0 radical (unpaired) electrons. The van der Waals surface area contributed by atoms with Crippen molar-refractivity contribution in [3.63, 3.8) is 0 Å². The van der Waals surface area contributed by atoms with E-state index in [1.54, 1.807) is 0 Å². The van der Waals surface area contributed by atoms with Crippen LogP contribution in [0.15, 0.2) is 48.5 Å².